The molecular formula is C17H18Cl2N2O. The molecular weight excluding hydrogens is 319 g/mol. The Balaban J connectivity index is 1.69. The monoisotopic (exact) mass is 336 g/mol. The van der Waals surface area contributed by atoms with E-state index in [2.05, 4.69) is 16.4 Å². The van der Waals surface area contributed by atoms with E-state index in [1.54, 1.807) is 6.26 Å². The number of fused-ring (bicyclic) bond motifs is 1. The van der Waals surface area contributed by atoms with Gasteiger partial charge in [0.25, 0.3) is 0 Å². The summed E-state index contributed by atoms with van der Waals surface area (Å²) >= 11 is 12.3. The molecule has 2 aromatic rings. The second kappa shape index (κ2) is 4.98. The van der Waals surface area contributed by atoms with Gasteiger partial charge in [-0.05, 0) is 44.0 Å². The fraction of sp³-hybridized carbons (Fsp3) is 0.471. The highest BCUT2D eigenvalue weighted by molar-refractivity contribution is 6.42. The number of hydrogen-bond donors (Lipinski definition) is 1. The Bertz CT molecular complexity index is 729. The molecule has 1 aromatic heterocycles. The van der Waals surface area contributed by atoms with Gasteiger partial charge in [0, 0.05) is 23.8 Å². The van der Waals surface area contributed by atoms with Crippen molar-refractivity contribution in [3.63, 3.8) is 0 Å². The van der Waals surface area contributed by atoms with Crippen LogP contribution in [-0.2, 0) is 11.8 Å². The zero-order valence-corrected chi connectivity index (χ0v) is 14.0. The molecule has 1 saturated heterocycles. The van der Waals surface area contributed by atoms with Crippen LogP contribution in [0.15, 0.2) is 28.9 Å². The van der Waals surface area contributed by atoms with E-state index < -0.39 is 0 Å². The minimum atomic E-state index is 0.175. The number of hydrogen-bond acceptors (Lipinski definition) is 3. The zero-order chi connectivity index (χ0) is 15.4. The number of nitrogens with zero attached hydrogens (tertiary/aromatic N) is 1. The molecule has 0 radical (unpaired) electrons. The number of piperidine rings is 1. The van der Waals surface area contributed by atoms with Crippen LogP contribution in [0.4, 0.5) is 0 Å². The molecule has 1 aromatic carbocycles. The molecule has 1 aliphatic heterocycles. The molecule has 2 fully saturated rings. The van der Waals surface area contributed by atoms with E-state index in [0.717, 1.165) is 43.9 Å². The van der Waals surface area contributed by atoms with E-state index >= 15 is 0 Å². The van der Waals surface area contributed by atoms with Gasteiger partial charge in [0.2, 0.25) is 0 Å². The molecule has 3 nitrogen and oxygen atoms in total. The molecule has 0 spiro atoms. The molecule has 1 aliphatic carbocycles. The third-order valence-corrected chi connectivity index (χ3v) is 6.09. The second-order valence-electron chi connectivity index (χ2n) is 6.65. The maximum Gasteiger partial charge on any atom is 0.194 e. The molecule has 1 N–H and O–H groups in total. The first-order chi connectivity index (χ1) is 10.5. The Morgan fingerprint density at radius 1 is 1.32 bits per heavy atom. The summed E-state index contributed by atoms with van der Waals surface area (Å²) in [6.07, 6.45) is 4.86. The van der Waals surface area contributed by atoms with Crippen LogP contribution in [0.1, 0.15) is 30.0 Å². The highest BCUT2D eigenvalue weighted by atomic mass is 35.5. The lowest BCUT2D eigenvalue weighted by Gasteiger charge is -2.31. The van der Waals surface area contributed by atoms with Gasteiger partial charge in [0.1, 0.15) is 6.26 Å². The Morgan fingerprint density at radius 2 is 2.18 bits per heavy atom. The SMILES string of the molecule is Cc1coc(C[C@@]23CNCC[C@]2(c2ccc(Cl)c(Cl)c2)C3)n1. The van der Waals surface area contributed by atoms with Crippen molar-refractivity contribution >= 4 is 23.2 Å². The molecule has 116 valence electrons. The van der Waals surface area contributed by atoms with Crippen LogP contribution in [0, 0.1) is 12.3 Å². The van der Waals surface area contributed by atoms with Crippen LogP contribution in [0.5, 0.6) is 0 Å². The minimum absolute atomic E-state index is 0.175. The number of oxazole rings is 1. The van der Waals surface area contributed by atoms with Crippen LogP contribution >= 0.6 is 23.2 Å². The van der Waals surface area contributed by atoms with Crippen molar-refractivity contribution in [2.45, 2.75) is 31.6 Å². The summed E-state index contributed by atoms with van der Waals surface area (Å²) in [7, 11) is 0. The molecule has 2 aliphatic rings. The average molecular weight is 337 g/mol. The highest BCUT2D eigenvalue weighted by Gasteiger charge is 2.68. The quantitative estimate of drug-likeness (QED) is 0.914. The van der Waals surface area contributed by atoms with Crippen LogP contribution in [-0.4, -0.2) is 18.1 Å². The summed E-state index contributed by atoms with van der Waals surface area (Å²) in [5.74, 6) is 0.836. The minimum Gasteiger partial charge on any atom is -0.449 e. The lowest BCUT2D eigenvalue weighted by Crippen LogP contribution is -2.39. The fourth-order valence-electron chi connectivity index (χ4n) is 4.16. The van der Waals surface area contributed by atoms with Crippen molar-refractivity contribution < 1.29 is 4.42 Å². The van der Waals surface area contributed by atoms with Gasteiger partial charge < -0.3 is 9.73 Å². The van der Waals surface area contributed by atoms with E-state index in [9.17, 15) is 0 Å². The number of aromatic nitrogens is 1. The normalized spacial score (nSPS) is 30.1. The van der Waals surface area contributed by atoms with Crippen LogP contribution in [0.25, 0.3) is 0 Å². The summed E-state index contributed by atoms with van der Waals surface area (Å²) < 4.78 is 5.60. The predicted octanol–water partition coefficient (Wildman–Crippen LogP) is 4.15. The number of rotatable bonds is 3. The molecule has 5 heteroatoms. The molecule has 0 amide bonds. The lowest BCUT2D eigenvalue weighted by molar-refractivity contribution is 0.297. The smallest absolute Gasteiger partial charge is 0.194 e. The van der Waals surface area contributed by atoms with Crippen molar-refractivity contribution in [2.75, 3.05) is 13.1 Å². The van der Waals surface area contributed by atoms with Gasteiger partial charge in [-0.25, -0.2) is 4.98 Å². The molecule has 0 bridgehead atoms. The van der Waals surface area contributed by atoms with Gasteiger partial charge in [-0.1, -0.05) is 29.3 Å². The molecule has 0 unspecified atom stereocenters. The third kappa shape index (κ3) is 2.10. The summed E-state index contributed by atoms with van der Waals surface area (Å²) in [6.45, 7) is 3.99. The summed E-state index contributed by atoms with van der Waals surface area (Å²) in [5, 5.41) is 4.79. The Hall–Kier alpha value is -1.03. The van der Waals surface area contributed by atoms with E-state index in [0.29, 0.717) is 10.0 Å². The second-order valence-corrected chi connectivity index (χ2v) is 7.47. The summed E-state index contributed by atoms with van der Waals surface area (Å²) in [6, 6.07) is 6.08. The summed E-state index contributed by atoms with van der Waals surface area (Å²) in [5.41, 5.74) is 2.59. The predicted molar refractivity (Wildman–Crippen MR) is 87.6 cm³/mol. The first kappa shape index (κ1) is 14.6. The van der Waals surface area contributed by atoms with Gasteiger partial charge in [-0.15, -0.1) is 0 Å². The van der Waals surface area contributed by atoms with Crippen LogP contribution in [0.3, 0.4) is 0 Å². The fourth-order valence-corrected chi connectivity index (χ4v) is 4.46. The third-order valence-electron chi connectivity index (χ3n) is 5.35. The maximum atomic E-state index is 6.24. The lowest BCUT2D eigenvalue weighted by atomic mass is 9.79. The molecule has 4 rings (SSSR count). The van der Waals surface area contributed by atoms with Crippen molar-refractivity contribution in [3.05, 3.63) is 51.7 Å². The van der Waals surface area contributed by atoms with Crippen LogP contribution < -0.4 is 5.32 Å². The van der Waals surface area contributed by atoms with E-state index in [1.165, 1.54) is 5.56 Å². The van der Waals surface area contributed by atoms with Gasteiger partial charge in [-0.3, -0.25) is 0 Å². The standard InChI is InChI=1S/C17H18Cl2N2O/c1-11-8-22-15(21-11)7-16-9-17(16,4-5-20-10-16)12-2-3-13(18)14(19)6-12/h2-3,6,8,20H,4-5,7,9-10H2,1H3/t16-,17-/m1/s1. The van der Waals surface area contributed by atoms with Crippen LogP contribution in [0.2, 0.25) is 10.0 Å². The summed E-state index contributed by atoms with van der Waals surface area (Å²) in [4.78, 5) is 4.49. The Kier molecular flexibility index (Phi) is 3.30. The Labute approximate surface area is 140 Å². The molecule has 2 atom stereocenters. The van der Waals surface area contributed by atoms with Crippen molar-refractivity contribution in [3.8, 4) is 0 Å². The number of halogens is 2. The van der Waals surface area contributed by atoms with Gasteiger partial charge >= 0.3 is 0 Å². The topological polar surface area (TPSA) is 38.1 Å². The first-order valence-corrected chi connectivity index (χ1v) is 8.38. The van der Waals surface area contributed by atoms with Gasteiger partial charge in [0.15, 0.2) is 5.89 Å². The zero-order valence-electron chi connectivity index (χ0n) is 12.5. The van der Waals surface area contributed by atoms with E-state index in [-0.39, 0.29) is 10.8 Å². The number of aryl methyl sites for hydroxylation is 1. The molecule has 1 saturated carbocycles. The highest BCUT2D eigenvalue weighted by Crippen LogP contribution is 2.69. The first-order valence-electron chi connectivity index (χ1n) is 7.62. The van der Waals surface area contributed by atoms with E-state index in [4.69, 9.17) is 27.6 Å². The van der Waals surface area contributed by atoms with Gasteiger partial charge in [0.05, 0.1) is 15.7 Å². The van der Waals surface area contributed by atoms with Crippen molar-refractivity contribution in [1.29, 1.82) is 0 Å². The van der Waals surface area contributed by atoms with Gasteiger partial charge in [-0.2, -0.15) is 0 Å². The maximum absolute atomic E-state index is 6.24. The van der Waals surface area contributed by atoms with Crippen molar-refractivity contribution in [2.24, 2.45) is 5.41 Å². The number of benzene rings is 1. The van der Waals surface area contributed by atoms with E-state index in [1.807, 2.05) is 19.1 Å². The molecule has 22 heavy (non-hydrogen) atoms. The Morgan fingerprint density at radius 3 is 2.91 bits per heavy atom. The number of nitrogens with one attached hydrogen (secondary N) is 1. The largest absolute Gasteiger partial charge is 0.449 e. The molecule has 2 heterocycles. The average Bonchev–Trinajstić information content (AvgIpc) is 3.01. The van der Waals surface area contributed by atoms with Crippen molar-refractivity contribution in [1.82, 2.24) is 10.3 Å².